The van der Waals surface area contributed by atoms with Gasteiger partial charge in [-0.2, -0.15) is 0 Å². The van der Waals surface area contributed by atoms with E-state index in [0.29, 0.717) is 44.3 Å². The van der Waals surface area contributed by atoms with Crippen molar-refractivity contribution in [3.8, 4) is 17.2 Å². The number of rotatable bonds is 4. The van der Waals surface area contributed by atoms with Crippen LogP contribution in [0.4, 0.5) is 4.79 Å². The van der Waals surface area contributed by atoms with Crippen LogP contribution in [0, 0.1) is 0 Å². The number of morpholine rings is 1. The van der Waals surface area contributed by atoms with Gasteiger partial charge in [0.15, 0.2) is 11.5 Å². The molecule has 2 aliphatic heterocycles. The van der Waals surface area contributed by atoms with Crippen molar-refractivity contribution in [3.63, 3.8) is 0 Å². The molecule has 1 aromatic rings. The predicted octanol–water partition coefficient (Wildman–Crippen LogP) is 1.22. The van der Waals surface area contributed by atoms with Crippen LogP contribution >= 0.6 is 0 Å². The maximum absolute atomic E-state index is 12.0. The van der Waals surface area contributed by atoms with E-state index in [0.717, 1.165) is 5.75 Å². The van der Waals surface area contributed by atoms with E-state index >= 15 is 0 Å². The molecule has 0 unspecified atom stereocenters. The van der Waals surface area contributed by atoms with Gasteiger partial charge in [-0.25, -0.2) is 4.79 Å². The van der Waals surface area contributed by atoms with E-state index in [1.54, 1.807) is 11.0 Å². The molecule has 0 spiro atoms. The topological polar surface area (TPSA) is 69.3 Å². The highest BCUT2D eigenvalue weighted by atomic mass is 16.7. The maximum Gasteiger partial charge on any atom is 0.317 e. The molecular weight excluding hydrogens is 288 g/mol. The van der Waals surface area contributed by atoms with Crippen molar-refractivity contribution in [3.05, 3.63) is 18.2 Å². The van der Waals surface area contributed by atoms with E-state index in [1.807, 2.05) is 19.1 Å². The van der Waals surface area contributed by atoms with Crippen molar-refractivity contribution < 1.29 is 23.7 Å². The highest BCUT2D eigenvalue weighted by Gasteiger charge is 2.20. The Hall–Kier alpha value is -2.15. The molecule has 1 N–H and O–H groups in total. The molecule has 3 rings (SSSR count). The summed E-state index contributed by atoms with van der Waals surface area (Å²) in [6, 6.07) is 5.34. The van der Waals surface area contributed by atoms with Crippen LogP contribution < -0.4 is 19.5 Å². The summed E-state index contributed by atoms with van der Waals surface area (Å²) in [6.07, 6.45) is 0.0874. The number of carbonyl (C=O) groups excluding carboxylic acids is 1. The smallest absolute Gasteiger partial charge is 0.317 e. The van der Waals surface area contributed by atoms with Gasteiger partial charge in [0, 0.05) is 19.2 Å². The SMILES string of the molecule is C[C@@H]1CN(C(=O)NCCOc2ccc3c(c2)OCO3)CCO1. The predicted molar refractivity (Wildman–Crippen MR) is 78.4 cm³/mol. The molecule has 0 aliphatic carbocycles. The van der Waals surface area contributed by atoms with Gasteiger partial charge in [-0.3, -0.25) is 0 Å². The second-order valence-corrected chi connectivity index (χ2v) is 5.22. The number of hydrogen-bond donors (Lipinski definition) is 1. The first-order valence-electron chi connectivity index (χ1n) is 7.39. The summed E-state index contributed by atoms with van der Waals surface area (Å²) in [5, 5.41) is 2.85. The van der Waals surface area contributed by atoms with Gasteiger partial charge in [0.2, 0.25) is 6.79 Å². The molecule has 1 saturated heterocycles. The van der Waals surface area contributed by atoms with Crippen LogP contribution in [-0.2, 0) is 4.74 Å². The number of nitrogens with one attached hydrogen (secondary N) is 1. The first kappa shape index (κ1) is 14.8. The van der Waals surface area contributed by atoms with Gasteiger partial charge in [0.25, 0.3) is 0 Å². The molecule has 1 aromatic carbocycles. The van der Waals surface area contributed by atoms with Crippen molar-refractivity contribution in [2.24, 2.45) is 0 Å². The number of amides is 2. The summed E-state index contributed by atoms with van der Waals surface area (Å²) in [5.41, 5.74) is 0. The van der Waals surface area contributed by atoms with E-state index in [1.165, 1.54) is 0 Å². The third-order valence-corrected chi connectivity index (χ3v) is 3.52. The number of ether oxygens (including phenoxy) is 4. The number of fused-ring (bicyclic) bond motifs is 1. The van der Waals surface area contributed by atoms with Crippen molar-refractivity contribution in [1.29, 1.82) is 0 Å². The Bertz CT molecular complexity index is 537. The molecule has 2 amide bonds. The molecule has 120 valence electrons. The Morgan fingerprint density at radius 2 is 2.27 bits per heavy atom. The Balaban J connectivity index is 1.39. The molecular formula is C15H20N2O5. The van der Waals surface area contributed by atoms with Gasteiger partial charge >= 0.3 is 6.03 Å². The zero-order valence-corrected chi connectivity index (χ0v) is 12.5. The van der Waals surface area contributed by atoms with Gasteiger partial charge in [0.1, 0.15) is 12.4 Å². The fraction of sp³-hybridized carbons (Fsp3) is 0.533. The highest BCUT2D eigenvalue weighted by Crippen LogP contribution is 2.34. The van der Waals surface area contributed by atoms with Crippen LogP contribution in [0.25, 0.3) is 0 Å². The van der Waals surface area contributed by atoms with E-state index in [9.17, 15) is 4.79 Å². The van der Waals surface area contributed by atoms with Gasteiger partial charge in [-0.05, 0) is 19.1 Å². The van der Waals surface area contributed by atoms with Crippen molar-refractivity contribution in [1.82, 2.24) is 10.2 Å². The van der Waals surface area contributed by atoms with E-state index < -0.39 is 0 Å². The average molecular weight is 308 g/mol. The molecule has 7 heteroatoms. The largest absolute Gasteiger partial charge is 0.492 e. The molecule has 0 aromatic heterocycles. The first-order valence-corrected chi connectivity index (χ1v) is 7.39. The molecule has 0 bridgehead atoms. The molecule has 7 nitrogen and oxygen atoms in total. The maximum atomic E-state index is 12.0. The minimum atomic E-state index is -0.0792. The van der Waals surface area contributed by atoms with E-state index in [4.69, 9.17) is 18.9 Å². The standard InChI is InChI=1S/C15H20N2O5/c1-11-9-17(5-7-19-11)15(18)16-4-6-20-12-2-3-13-14(8-12)22-10-21-13/h2-3,8,11H,4-7,9-10H2,1H3,(H,16,18)/t11-/m1/s1. The molecule has 0 saturated carbocycles. The van der Waals surface area contributed by atoms with Crippen molar-refractivity contribution in [2.75, 3.05) is 39.6 Å². The van der Waals surface area contributed by atoms with Crippen LogP contribution in [0.3, 0.4) is 0 Å². The Labute approximate surface area is 129 Å². The zero-order valence-electron chi connectivity index (χ0n) is 12.5. The Morgan fingerprint density at radius 1 is 1.41 bits per heavy atom. The number of benzene rings is 1. The summed E-state index contributed by atoms with van der Waals surface area (Å²) >= 11 is 0. The van der Waals surface area contributed by atoms with Crippen LogP contribution in [0.15, 0.2) is 18.2 Å². The fourth-order valence-corrected chi connectivity index (χ4v) is 2.41. The van der Waals surface area contributed by atoms with Crippen molar-refractivity contribution >= 4 is 6.03 Å². The molecule has 1 atom stereocenters. The summed E-state index contributed by atoms with van der Waals surface area (Å²) in [5.74, 6) is 2.10. The number of carbonyl (C=O) groups is 1. The normalized spacial score (nSPS) is 19.9. The van der Waals surface area contributed by atoms with Crippen LogP contribution in [0.5, 0.6) is 17.2 Å². The highest BCUT2D eigenvalue weighted by molar-refractivity contribution is 5.74. The lowest BCUT2D eigenvalue weighted by Crippen LogP contribution is -2.49. The lowest BCUT2D eigenvalue weighted by atomic mass is 10.3. The molecule has 2 aliphatic rings. The van der Waals surface area contributed by atoms with Crippen LogP contribution in [-0.4, -0.2) is 56.7 Å². The molecule has 0 radical (unpaired) electrons. The average Bonchev–Trinajstić information content (AvgIpc) is 2.99. The number of hydrogen-bond acceptors (Lipinski definition) is 5. The fourth-order valence-electron chi connectivity index (χ4n) is 2.41. The monoisotopic (exact) mass is 308 g/mol. The number of nitrogens with zero attached hydrogens (tertiary/aromatic N) is 1. The lowest BCUT2D eigenvalue weighted by molar-refractivity contribution is -0.00353. The lowest BCUT2D eigenvalue weighted by Gasteiger charge is -2.31. The minimum Gasteiger partial charge on any atom is -0.492 e. The third kappa shape index (κ3) is 3.54. The Kier molecular flexibility index (Phi) is 4.53. The van der Waals surface area contributed by atoms with E-state index in [2.05, 4.69) is 5.32 Å². The Morgan fingerprint density at radius 3 is 3.14 bits per heavy atom. The molecule has 1 fully saturated rings. The van der Waals surface area contributed by atoms with E-state index in [-0.39, 0.29) is 18.9 Å². The van der Waals surface area contributed by atoms with Crippen molar-refractivity contribution in [2.45, 2.75) is 13.0 Å². The minimum absolute atomic E-state index is 0.0792. The van der Waals surface area contributed by atoms with Crippen LogP contribution in [0.2, 0.25) is 0 Å². The quantitative estimate of drug-likeness (QED) is 0.847. The third-order valence-electron chi connectivity index (χ3n) is 3.52. The summed E-state index contributed by atoms with van der Waals surface area (Å²) in [7, 11) is 0. The van der Waals surface area contributed by atoms with Gasteiger partial charge in [-0.1, -0.05) is 0 Å². The zero-order chi connectivity index (χ0) is 15.4. The van der Waals surface area contributed by atoms with Gasteiger partial charge in [0.05, 0.1) is 19.3 Å². The summed E-state index contributed by atoms with van der Waals surface area (Å²) in [6.45, 7) is 4.87. The summed E-state index contributed by atoms with van der Waals surface area (Å²) in [4.78, 5) is 13.7. The van der Waals surface area contributed by atoms with Gasteiger partial charge < -0.3 is 29.2 Å². The second kappa shape index (κ2) is 6.74. The molecule has 2 heterocycles. The number of urea groups is 1. The second-order valence-electron chi connectivity index (χ2n) is 5.22. The molecule has 22 heavy (non-hydrogen) atoms. The van der Waals surface area contributed by atoms with Gasteiger partial charge in [-0.15, -0.1) is 0 Å². The first-order chi connectivity index (χ1) is 10.7. The summed E-state index contributed by atoms with van der Waals surface area (Å²) < 4.78 is 21.5. The van der Waals surface area contributed by atoms with Crippen LogP contribution in [0.1, 0.15) is 6.92 Å².